The number of carbonyl (C=O) groups excluding carboxylic acids is 3. The molecule has 4 amide bonds. The number of rotatable bonds is 15. The van der Waals surface area contributed by atoms with E-state index >= 15 is 0 Å². The Labute approximate surface area is 354 Å². The molecule has 14 nitrogen and oxygen atoms in total. The average molecular weight is 821 g/mol. The Kier molecular flexibility index (Phi) is 14.1. The third-order valence-electron chi connectivity index (χ3n) is 10.3. The van der Waals surface area contributed by atoms with Gasteiger partial charge in [0.2, 0.25) is 5.91 Å². The number of benzene rings is 5. The number of nitrogens with zero attached hydrogens (tertiary/aromatic N) is 4. The summed E-state index contributed by atoms with van der Waals surface area (Å²) in [5.74, 6) is 0.388. The van der Waals surface area contributed by atoms with E-state index in [1.807, 2.05) is 84.9 Å². The number of H-pyrrole nitrogens is 1. The average Bonchev–Trinajstić information content (AvgIpc) is 3.82. The number of carboxylic acid groups (broad SMARTS) is 1. The zero-order valence-electron chi connectivity index (χ0n) is 33.6. The summed E-state index contributed by atoms with van der Waals surface area (Å²) in [4.78, 5) is 62.9. The second-order valence-electron chi connectivity index (χ2n) is 14.4. The minimum absolute atomic E-state index is 0.189. The zero-order valence-corrected chi connectivity index (χ0v) is 33.6. The lowest BCUT2D eigenvalue weighted by molar-refractivity contribution is -0.116. The number of nitrogens with one attached hydrogen (secondary N) is 4. The van der Waals surface area contributed by atoms with Crippen molar-refractivity contribution in [1.29, 1.82) is 0 Å². The van der Waals surface area contributed by atoms with Crippen molar-refractivity contribution < 1.29 is 29.0 Å². The molecule has 312 valence electrons. The van der Waals surface area contributed by atoms with Crippen LogP contribution in [0.1, 0.15) is 35.4 Å². The first-order valence-corrected chi connectivity index (χ1v) is 20.3. The van der Waals surface area contributed by atoms with Crippen LogP contribution in [0.3, 0.4) is 0 Å². The summed E-state index contributed by atoms with van der Waals surface area (Å²) in [6.07, 6.45) is 1.95. The van der Waals surface area contributed by atoms with E-state index in [0.29, 0.717) is 80.2 Å². The normalized spacial score (nSPS) is 12.9. The van der Waals surface area contributed by atoms with Crippen LogP contribution in [-0.2, 0) is 16.1 Å². The van der Waals surface area contributed by atoms with E-state index in [4.69, 9.17) is 4.74 Å². The van der Waals surface area contributed by atoms with Gasteiger partial charge in [0.1, 0.15) is 11.9 Å². The fourth-order valence-corrected chi connectivity index (χ4v) is 7.26. The van der Waals surface area contributed by atoms with Crippen LogP contribution in [0.2, 0.25) is 0 Å². The summed E-state index contributed by atoms with van der Waals surface area (Å²) in [6.45, 7) is 3.18. The summed E-state index contributed by atoms with van der Waals surface area (Å²) in [5, 5.41) is 22.0. The Morgan fingerprint density at radius 3 is 2.00 bits per heavy atom. The van der Waals surface area contributed by atoms with Crippen LogP contribution in [0, 0.1) is 0 Å². The highest BCUT2D eigenvalue weighted by Gasteiger charge is 2.36. The minimum Gasteiger partial charge on any atom is -0.463 e. The third-order valence-corrected chi connectivity index (χ3v) is 10.3. The molecule has 0 aliphatic carbocycles. The highest BCUT2D eigenvalue weighted by Crippen LogP contribution is 2.38. The van der Waals surface area contributed by atoms with Crippen LogP contribution < -0.4 is 26.0 Å². The summed E-state index contributed by atoms with van der Waals surface area (Å²) in [7, 11) is 0. The molecule has 1 aliphatic rings. The van der Waals surface area contributed by atoms with Crippen molar-refractivity contribution in [2.24, 2.45) is 0 Å². The van der Waals surface area contributed by atoms with Crippen molar-refractivity contribution in [2.75, 3.05) is 48.1 Å². The molecule has 6 aromatic rings. The highest BCUT2D eigenvalue weighted by atomic mass is 16.6. The van der Waals surface area contributed by atoms with E-state index in [1.54, 1.807) is 60.9 Å². The molecule has 7 rings (SSSR count). The Hall–Kier alpha value is -7.29. The maximum Gasteiger partial charge on any atom is 0.434 e. The van der Waals surface area contributed by atoms with Crippen molar-refractivity contribution in [1.82, 2.24) is 25.5 Å². The summed E-state index contributed by atoms with van der Waals surface area (Å²) >= 11 is 0. The van der Waals surface area contributed by atoms with Crippen molar-refractivity contribution >= 4 is 41.1 Å². The molecule has 1 fully saturated rings. The molecule has 1 aliphatic heterocycles. The summed E-state index contributed by atoms with van der Waals surface area (Å²) < 4.78 is 6.17. The van der Waals surface area contributed by atoms with Crippen LogP contribution in [0.5, 0.6) is 0 Å². The highest BCUT2D eigenvalue weighted by molar-refractivity contribution is 6.06. The van der Waals surface area contributed by atoms with Gasteiger partial charge in [0.25, 0.3) is 5.91 Å². The fourth-order valence-electron chi connectivity index (χ4n) is 7.26. The molecular weight excluding hydrogens is 773 g/mol. The first kappa shape index (κ1) is 41.9. The maximum absolute atomic E-state index is 14.5. The van der Waals surface area contributed by atoms with E-state index in [1.165, 1.54) is 0 Å². The topological polar surface area (TPSA) is 172 Å². The maximum atomic E-state index is 14.5. The Morgan fingerprint density at radius 1 is 0.754 bits per heavy atom. The van der Waals surface area contributed by atoms with Crippen molar-refractivity contribution in [2.45, 2.75) is 31.9 Å². The molecule has 5 N–H and O–H groups in total. The molecule has 0 spiro atoms. The van der Waals surface area contributed by atoms with Gasteiger partial charge in [0.15, 0.2) is 0 Å². The van der Waals surface area contributed by atoms with Gasteiger partial charge in [0.05, 0.1) is 17.9 Å². The molecule has 5 aromatic carbocycles. The van der Waals surface area contributed by atoms with Gasteiger partial charge in [-0.15, -0.1) is 0 Å². The quantitative estimate of drug-likeness (QED) is 0.0512. The second kappa shape index (κ2) is 20.6. The first-order valence-electron chi connectivity index (χ1n) is 20.3. The number of aromatic amines is 1. The van der Waals surface area contributed by atoms with Crippen LogP contribution >= 0.6 is 0 Å². The Morgan fingerprint density at radius 2 is 1.38 bits per heavy atom. The van der Waals surface area contributed by atoms with E-state index < -0.39 is 18.3 Å². The van der Waals surface area contributed by atoms with E-state index in [9.17, 15) is 24.3 Å². The number of ether oxygens (including phenoxy) is 1. The molecule has 0 unspecified atom stereocenters. The number of hydrazine groups is 1. The van der Waals surface area contributed by atoms with Crippen LogP contribution in [0.25, 0.3) is 22.3 Å². The van der Waals surface area contributed by atoms with Crippen LogP contribution in [0.15, 0.2) is 146 Å². The van der Waals surface area contributed by atoms with Gasteiger partial charge in [-0.1, -0.05) is 103 Å². The number of carbonyl (C=O) groups is 4. The smallest absolute Gasteiger partial charge is 0.434 e. The number of hydrogen-bond acceptors (Lipinski definition) is 8. The predicted octanol–water partition coefficient (Wildman–Crippen LogP) is 7.80. The van der Waals surface area contributed by atoms with Gasteiger partial charge in [-0.05, 0) is 54.3 Å². The number of amides is 4. The number of anilines is 3. The predicted molar refractivity (Wildman–Crippen MR) is 235 cm³/mol. The standard InChI is InChI=1S/C47H48N8O6/c56-44(52-37-17-11-16-36(32-37)45(57)51-26-25-48-33-43-49-27-28-50-43)24-31-53-29-22-38(23-30-53)61-47(60)55(42-21-10-8-19-40(42)35-14-5-2-6-15-35)54(46(58)59)41-20-9-7-18-39(41)34-12-3-1-4-13-34/h1-21,27-28,32,38,48H,22-26,29-31,33H2,(H,49,50)(H,51,57)(H,52,56)(H,58,59). The molecular formula is C47H48N8O6. The van der Waals surface area contributed by atoms with Crippen LogP contribution in [0.4, 0.5) is 26.7 Å². The van der Waals surface area contributed by atoms with Gasteiger partial charge in [-0.25, -0.2) is 14.6 Å². The number of likely N-dealkylation sites (tertiary alicyclic amines) is 1. The minimum atomic E-state index is -1.36. The number of piperidine rings is 1. The lowest BCUT2D eigenvalue weighted by Gasteiger charge is -2.36. The molecule has 61 heavy (non-hydrogen) atoms. The summed E-state index contributed by atoms with van der Waals surface area (Å²) in [5.41, 5.74) is 4.45. The van der Waals surface area contributed by atoms with E-state index in [0.717, 1.165) is 27.0 Å². The van der Waals surface area contributed by atoms with E-state index in [2.05, 4.69) is 30.8 Å². The summed E-state index contributed by atoms with van der Waals surface area (Å²) in [6, 6.07) is 40.0. The zero-order chi connectivity index (χ0) is 42.4. The van der Waals surface area contributed by atoms with Gasteiger partial charge in [-0.2, -0.15) is 10.0 Å². The second-order valence-corrected chi connectivity index (χ2v) is 14.4. The molecule has 0 saturated carbocycles. The lowest BCUT2D eigenvalue weighted by Crippen LogP contribution is -2.52. The number of hydrogen-bond donors (Lipinski definition) is 5. The Bertz CT molecular complexity index is 2390. The largest absolute Gasteiger partial charge is 0.463 e. The SMILES string of the molecule is O=C(CCN1CCC(OC(=O)N(c2ccccc2-c2ccccc2)N(C(=O)O)c2ccccc2-c2ccccc2)CC1)Nc1cccc(C(=O)NCCNCc2ncc[nH]2)c1. The number of imidazole rings is 1. The molecule has 0 radical (unpaired) electrons. The molecule has 1 saturated heterocycles. The third kappa shape index (κ3) is 11.1. The van der Waals surface area contributed by atoms with Gasteiger partial charge in [-0.3, -0.25) is 9.59 Å². The van der Waals surface area contributed by atoms with Crippen molar-refractivity contribution in [3.05, 3.63) is 157 Å². The Balaban J connectivity index is 0.973. The lowest BCUT2D eigenvalue weighted by atomic mass is 10.0. The molecule has 0 bridgehead atoms. The van der Waals surface area contributed by atoms with E-state index in [-0.39, 0.29) is 23.9 Å². The van der Waals surface area contributed by atoms with Gasteiger partial charge >= 0.3 is 12.2 Å². The first-order chi connectivity index (χ1) is 29.8. The molecule has 0 atom stereocenters. The van der Waals surface area contributed by atoms with Crippen molar-refractivity contribution in [3.8, 4) is 22.3 Å². The van der Waals surface area contributed by atoms with Crippen LogP contribution in [-0.4, -0.2) is 82.8 Å². The fraction of sp³-hybridized carbons (Fsp3) is 0.213. The number of para-hydroxylation sites is 2. The van der Waals surface area contributed by atoms with Crippen molar-refractivity contribution in [3.63, 3.8) is 0 Å². The van der Waals surface area contributed by atoms with Gasteiger partial charge in [0, 0.05) is 73.9 Å². The monoisotopic (exact) mass is 820 g/mol. The number of aromatic nitrogens is 2. The van der Waals surface area contributed by atoms with Gasteiger partial charge < -0.3 is 35.7 Å². The molecule has 2 heterocycles. The molecule has 14 heteroatoms. The molecule has 1 aromatic heterocycles.